The monoisotopic (exact) mass is 403 g/mol. The summed E-state index contributed by atoms with van der Waals surface area (Å²) in [5.74, 6) is 0.963. The van der Waals surface area contributed by atoms with Crippen molar-refractivity contribution in [3.05, 3.63) is 90.0 Å². The van der Waals surface area contributed by atoms with Gasteiger partial charge in [-0.2, -0.15) is 0 Å². The molecule has 1 heterocycles. The molecule has 0 unspecified atom stereocenters. The Kier molecular flexibility index (Phi) is 5.91. The van der Waals surface area contributed by atoms with Gasteiger partial charge in [-0.3, -0.25) is 4.79 Å². The van der Waals surface area contributed by atoms with Crippen LogP contribution >= 0.6 is 11.8 Å². The van der Waals surface area contributed by atoms with Gasteiger partial charge >= 0.3 is 0 Å². The zero-order chi connectivity index (χ0) is 20.2. The molecule has 4 rings (SSSR count). The Balaban J connectivity index is 1.72. The molecule has 29 heavy (non-hydrogen) atoms. The van der Waals surface area contributed by atoms with Crippen LogP contribution in [0.3, 0.4) is 0 Å². The lowest BCUT2D eigenvalue weighted by atomic mass is 9.93. The summed E-state index contributed by atoms with van der Waals surface area (Å²) in [4.78, 5) is 16.3. The molecule has 0 spiro atoms. The Morgan fingerprint density at radius 1 is 0.931 bits per heavy atom. The van der Waals surface area contributed by atoms with Crippen molar-refractivity contribution in [2.45, 2.75) is 36.0 Å². The summed E-state index contributed by atoms with van der Waals surface area (Å²) < 4.78 is 5.30. The van der Waals surface area contributed by atoms with Crippen molar-refractivity contribution in [2.24, 2.45) is 0 Å². The van der Waals surface area contributed by atoms with Crippen molar-refractivity contribution in [1.82, 2.24) is 0 Å². The number of aryl methyl sites for hydroxylation is 1. The van der Waals surface area contributed by atoms with Crippen LogP contribution in [0.5, 0.6) is 5.75 Å². The predicted octanol–water partition coefficient (Wildman–Crippen LogP) is 6.03. The van der Waals surface area contributed by atoms with Crippen LogP contribution in [-0.2, 0) is 4.79 Å². The largest absolute Gasteiger partial charge is 0.497 e. The number of hydrogen-bond donors (Lipinski definition) is 0. The van der Waals surface area contributed by atoms with Gasteiger partial charge in [0.2, 0.25) is 5.91 Å². The lowest BCUT2D eigenvalue weighted by molar-refractivity contribution is -0.120. The third-order valence-corrected chi connectivity index (χ3v) is 6.68. The maximum atomic E-state index is 13.1. The highest BCUT2D eigenvalue weighted by atomic mass is 32.2. The van der Waals surface area contributed by atoms with Gasteiger partial charge in [0.15, 0.2) is 0 Å². The molecule has 2 atom stereocenters. The van der Waals surface area contributed by atoms with Crippen molar-refractivity contribution in [3.63, 3.8) is 0 Å². The van der Waals surface area contributed by atoms with E-state index in [9.17, 15) is 4.79 Å². The number of hydrogen-bond acceptors (Lipinski definition) is 3. The van der Waals surface area contributed by atoms with Crippen LogP contribution in [0.4, 0.5) is 5.69 Å². The summed E-state index contributed by atoms with van der Waals surface area (Å²) in [6, 6.07) is 26.8. The molecule has 0 N–H and O–H groups in total. The molecule has 148 valence electrons. The normalized spacial score (nSPS) is 19.2. The van der Waals surface area contributed by atoms with Crippen LogP contribution in [0, 0.1) is 6.92 Å². The number of piperidine rings is 1. The predicted molar refractivity (Wildman–Crippen MR) is 120 cm³/mol. The standard InChI is InChI=1S/C25H25NO2S/c1-18-8-14-22(15-9-18)29-23-16-17-24(27)26(20-10-12-21(28-2)13-11-20)25(23)19-6-4-3-5-7-19/h3-15,23,25H,16-17H2,1-2H3/t23-,25+/m0/s1. The van der Waals surface area contributed by atoms with Crippen LogP contribution in [0.25, 0.3) is 0 Å². The second-order valence-corrected chi connectivity index (χ2v) is 8.64. The van der Waals surface area contributed by atoms with E-state index in [1.165, 1.54) is 16.0 Å². The molecule has 4 heteroatoms. The average Bonchev–Trinajstić information content (AvgIpc) is 2.77. The van der Waals surface area contributed by atoms with E-state index >= 15 is 0 Å². The fourth-order valence-electron chi connectivity index (χ4n) is 3.84. The van der Waals surface area contributed by atoms with Gasteiger partial charge in [-0.1, -0.05) is 48.0 Å². The molecule has 0 radical (unpaired) electrons. The molecule has 3 aromatic carbocycles. The Bertz CT molecular complexity index is 954. The highest BCUT2D eigenvalue weighted by Gasteiger charge is 2.38. The molecule has 0 aromatic heterocycles. The smallest absolute Gasteiger partial charge is 0.227 e. The molecule has 1 amide bonds. The maximum absolute atomic E-state index is 13.1. The minimum atomic E-state index is -0.0165. The zero-order valence-corrected chi connectivity index (χ0v) is 17.6. The van der Waals surface area contributed by atoms with Crippen molar-refractivity contribution in [2.75, 3.05) is 12.0 Å². The third-order valence-electron chi connectivity index (χ3n) is 5.34. The quantitative estimate of drug-likeness (QED) is 0.521. The van der Waals surface area contributed by atoms with E-state index in [-0.39, 0.29) is 17.2 Å². The molecule has 1 aliphatic heterocycles. The zero-order valence-electron chi connectivity index (χ0n) is 16.7. The van der Waals surface area contributed by atoms with E-state index in [0.717, 1.165) is 17.9 Å². The Morgan fingerprint density at radius 3 is 2.28 bits per heavy atom. The fourth-order valence-corrected chi connectivity index (χ4v) is 5.13. The summed E-state index contributed by atoms with van der Waals surface area (Å²) in [5.41, 5.74) is 3.34. The first kappa shape index (κ1) is 19.6. The van der Waals surface area contributed by atoms with Crippen molar-refractivity contribution < 1.29 is 9.53 Å². The fraction of sp³-hybridized carbons (Fsp3) is 0.240. The molecular weight excluding hydrogens is 378 g/mol. The molecule has 1 saturated heterocycles. The molecular formula is C25H25NO2S. The van der Waals surface area contributed by atoms with E-state index in [4.69, 9.17) is 4.74 Å². The number of thioether (sulfide) groups is 1. The van der Waals surface area contributed by atoms with E-state index in [0.29, 0.717) is 6.42 Å². The lowest BCUT2D eigenvalue weighted by Gasteiger charge is -2.41. The summed E-state index contributed by atoms with van der Waals surface area (Å²) in [7, 11) is 1.65. The van der Waals surface area contributed by atoms with Crippen LogP contribution in [0.1, 0.15) is 30.0 Å². The molecule has 3 aromatic rings. The minimum Gasteiger partial charge on any atom is -0.497 e. The number of ether oxygens (including phenoxy) is 1. The number of rotatable bonds is 5. The van der Waals surface area contributed by atoms with Gasteiger partial charge in [0.25, 0.3) is 0 Å². The topological polar surface area (TPSA) is 29.5 Å². The molecule has 0 bridgehead atoms. The van der Waals surface area contributed by atoms with E-state index in [1.54, 1.807) is 7.11 Å². The van der Waals surface area contributed by atoms with Crippen LogP contribution in [-0.4, -0.2) is 18.3 Å². The Labute approximate surface area is 176 Å². The van der Waals surface area contributed by atoms with Gasteiger partial charge in [-0.25, -0.2) is 0 Å². The number of benzene rings is 3. The summed E-state index contributed by atoms with van der Waals surface area (Å²) >= 11 is 1.87. The van der Waals surface area contributed by atoms with Gasteiger partial charge in [0.1, 0.15) is 5.75 Å². The van der Waals surface area contributed by atoms with Gasteiger partial charge in [0.05, 0.1) is 13.2 Å². The first-order valence-electron chi connectivity index (χ1n) is 9.90. The van der Waals surface area contributed by atoms with Gasteiger partial charge in [-0.05, 0) is 55.3 Å². The van der Waals surface area contributed by atoms with Crippen molar-refractivity contribution in [1.29, 1.82) is 0 Å². The first-order chi connectivity index (χ1) is 14.2. The van der Waals surface area contributed by atoms with Crippen LogP contribution in [0.15, 0.2) is 83.8 Å². The number of methoxy groups -OCH3 is 1. The summed E-state index contributed by atoms with van der Waals surface area (Å²) in [6.07, 6.45) is 1.42. The number of amides is 1. The molecule has 3 nitrogen and oxygen atoms in total. The van der Waals surface area contributed by atoms with Crippen molar-refractivity contribution in [3.8, 4) is 5.75 Å². The van der Waals surface area contributed by atoms with Gasteiger partial charge < -0.3 is 9.64 Å². The summed E-state index contributed by atoms with van der Waals surface area (Å²) in [6.45, 7) is 2.10. The average molecular weight is 404 g/mol. The number of nitrogens with zero attached hydrogens (tertiary/aromatic N) is 1. The number of anilines is 1. The van der Waals surface area contributed by atoms with E-state index < -0.39 is 0 Å². The highest BCUT2D eigenvalue weighted by Crippen LogP contribution is 2.44. The number of carbonyl (C=O) groups is 1. The number of carbonyl (C=O) groups excluding carboxylic acids is 1. The van der Waals surface area contributed by atoms with Crippen LogP contribution < -0.4 is 9.64 Å². The van der Waals surface area contributed by atoms with Crippen molar-refractivity contribution >= 4 is 23.4 Å². The highest BCUT2D eigenvalue weighted by molar-refractivity contribution is 8.00. The van der Waals surface area contributed by atoms with Crippen LogP contribution in [0.2, 0.25) is 0 Å². The van der Waals surface area contributed by atoms with Gasteiger partial charge in [0, 0.05) is 22.3 Å². The summed E-state index contributed by atoms with van der Waals surface area (Å²) in [5, 5.41) is 0.278. The Hall–Kier alpha value is -2.72. The van der Waals surface area contributed by atoms with E-state index in [1.807, 2.05) is 59.1 Å². The van der Waals surface area contributed by atoms with Gasteiger partial charge in [-0.15, -0.1) is 11.8 Å². The second-order valence-electron chi connectivity index (χ2n) is 7.33. The molecule has 1 aliphatic rings. The Morgan fingerprint density at radius 2 is 1.62 bits per heavy atom. The third kappa shape index (κ3) is 4.33. The first-order valence-corrected chi connectivity index (χ1v) is 10.8. The van der Waals surface area contributed by atoms with E-state index in [2.05, 4.69) is 43.3 Å². The molecule has 0 aliphatic carbocycles. The molecule has 1 fully saturated rings. The maximum Gasteiger partial charge on any atom is 0.227 e. The lowest BCUT2D eigenvalue weighted by Crippen LogP contribution is -2.44. The minimum absolute atomic E-state index is 0.0165. The molecule has 0 saturated carbocycles. The SMILES string of the molecule is COc1ccc(N2C(=O)CC[C@H](Sc3ccc(C)cc3)[C@H]2c2ccccc2)cc1. The second kappa shape index (κ2) is 8.75.